The van der Waals surface area contributed by atoms with Crippen molar-refractivity contribution in [3.63, 3.8) is 0 Å². The lowest BCUT2D eigenvalue weighted by Crippen LogP contribution is -2.48. The van der Waals surface area contributed by atoms with Crippen molar-refractivity contribution in [2.45, 2.75) is 38.4 Å². The van der Waals surface area contributed by atoms with Crippen molar-refractivity contribution >= 4 is 23.7 Å². The third-order valence-electron chi connectivity index (χ3n) is 3.16. The standard InChI is InChI=1S/C17H24N6O3S/c1-5-26-12-8-6-11(7-9-12)14-21-22-16(23(14)18)27-10-13(24)19-15(25)20-17(2,3)4/h6-9H,5,10,18H2,1-4H3,(H2,19,20,24,25). The van der Waals surface area contributed by atoms with Gasteiger partial charge in [-0.3, -0.25) is 10.1 Å². The van der Waals surface area contributed by atoms with Gasteiger partial charge < -0.3 is 15.9 Å². The Kier molecular flexibility index (Phi) is 6.67. The second-order valence-corrected chi connectivity index (χ2v) is 7.62. The van der Waals surface area contributed by atoms with Gasteiger partial charge in [-0.05, 0) is 52.0 Å². The van der Waals surface area contributed by atoms with Crippen LogP contribution in [0.4, 0.5) is 4.79 Å². The molecule has 2 aromatic rings. The van der Waals surface area contributed by atoms with Crippen LogP contribution in [-0.4, -0.2) is 44.7 Å². The monoisotopic (exact) mass is 392 g/mol. The van der Waals surface area contributed by atoms with Crippen molar-refractivity contribution in [2.24, 2.45) is 0 Å². The molecule has 0 saturated heterocycles. The molecule has 4 N–H and O–H groups in total. The molecule has 0 aliphatic rings. The van der Waals surface area contributed by atoms with Gasteiger partial charge in [0, 0.05) is 11.1 Å². The van der Waals surface area contributed by atoms with Crippen LogP contribution in [0.25, 0.3) is 11.4 Å². The van der Waals surface area contributed by atoms with E-state index in [0.29, 0.717) is 17.6 Å². The number of amides is 3. The van der Waals surface area contributed by atoms with Crippen LogP contribution in [0, 0.1) is 0 Å². The Hall–Kier alpha value is -2.75. The molecule has 0 aliphatic heterocycles. The minimum Gasteiger partial charge on any atom is -0.494 e. The smallest absolute Gasteiger partial charge is 0.321 e. The normalized spacial score (nSPS) is 11.1. The molecule has 10 heteroatoms. The Morgan fingerprint density at radius 1 is 1.22 bits per heavy atom. The Bertz CT molecular complexity index is 798. The molecule has 9 nitrogen and oxygen atoms in total. The predicted molar refractivity (Wildman–Crippen MR) is 104 cm³/mol. The van der Waals surface area contributed by atoms with E-state index in [-0.39, 0.29) is 5.75 Å². The van der Waals surface area contributed by atoms with Gasteiger partial charge in [0.25, 0.3) is 0 Å². The molecule has 1 aromatic heterocycles. The lowest BCUT2D eigenvalue weighted by Gasteiger charge is -2.20. The van der Waals surface area contributed by atoms with Crippen LogP contribution in [0.2, 0.25) is 0 Å². The minimum atomic E-state index is -0.544. The molecule has 0 saturated carbocycles. The molecule has 0 fully saturated rings. The number of aromatic nitrogens is 3. The van der Waals surface area contributed by atoms with E-state index in [0.717, 1.165) is 23.1 Å². The first-order valence-corrected chi connectivity index (χ1v) is 9.36. The number of nitrogens with zero attached hydrogens (tertiary/aromatic N) is 3. The van der Waals surface area contributed by atoms with E-state index in [1.807, 2.05) is 52.0 Å². The number of rotatable bonds is 6. The quantitative estimate of drug-likeness (QED) is 0.505. The zero-order chi connectivity index (χ0) is 20.0. The van der Waals surface area contributed by atoms with Crippen molar-refractivity contribution in [3.8, 4) is 17.1 Å². The molecule has 3 amide bonds. The minimum absolute atomic E-state index is 0.0177. The molecular weight excluding hydrogens is 368 g/mol. The molecule has 1 heterocycles. The largest absolute Gasteiger partial charge is 0.494 e. The second kappa shape index (κ2) is 8.76. The van der Waals surface area contributed by atoms with Crippen LogP contribution in [-0.2, 0) is 4.79 Å². The number of hydrogen-bond donors (Lipinski definition) is 3. The highest BCUT2D eigenvalue weighted by Crippen LogP contribution is 2.23. The third-order valence-corrected chi connectivity index (χ3v) is 4.10. The van der Waals surface area contributed by atoms with Gasteiger partial charge >= 0.3 is 6.03 Å². The van der Waals surface area contributed by atoms with Crippen molar-refractivity contribution in [1.82, 2.24) is 25.5 Å². The fourth-order valence-electron chi connectivity index (χ4n) is 2.10. The molecule has 0 bridgehead atoms. The highest BCUT2D eigenvalue weighted by molar-refractivity contribution is 7.99. The average molecular weight is 392 g/mol. The number of carbonyl (C=O) groups excluding carboxylic acids is 2. The lowest BCUT2D eigenvalue weighted by molar-refractivity contribution is -0.117. The van der Waals surface area contributed by atoms with Gasteiger partial charge in [0.15, 0.2) is 5.82 Å². The van der Waals surface area contributed by atoms with Gasteiger partial charge in [-0.15, -0.1) is 10.2 Å². The van der Waals surface area contributed by atoms with Crippen LogP contribution in [0.15, 0.2) is 29.4 Å². The number of imide groups is 1. The zero-order valence-electron chi connectivity index (χ0n) is 15.8. The van der Waals surface area contributed by atoms with Crippen LogP contribution >= 0.6 is 11.8 Å². The molecule has 146 valence electrons. The van der Waals surface area contributed by atoms with Crippen LogP contribution in [0.5, 0.6) is 5.75 Å². The molecular formula is C17H24N6O3S. The molecule has 0 aliphatic carbocycles. The zero-order valence-corrected chi connectivity index (χ0v) is 16.6. The predicted octanol–water partition coefficient (Wildman–Crippen LogP) is 1.77. The number of hydrogen-bond acceptors (Lipinski definition) is 7. The van der Waals surface area contributed by atoms with Gasteiger partial charge in [0.05, 0.1) is 12.4 Å². The fraction of sp³-hybridized carbons (Fsp3) is 0.412. The van der Waals surface area contributed by atoms with E-state index in [1.165, 1.54) is 4.68 Å². The number of thioether (sulfide) groups is 1. The summed E-state index contributed by atoms with van der Waals surface area (Å²) in [5.41, 5.74) is 0.343. The number of ether oxygens (including phenoxy) is 1. The Balaban J connectivity index is 1.95. The van der Waals surface area contributed by atoms with Gasteiger partial charge in [0.2, 0.25) is 11.1 Å². The summed E-state index contributed by atoms with van der Waals surface area (Å²) in [4.78, 5) is 23.6. The SMILES string of the molecule is CCOc1ccc(-c2nnc(SCC(=O)NC(=O)NC(C)(C)C)n2N)cc1. The van der Waals surface area contributed by atoms with Crippen LogP contribution < -0.4 is 21.2 Å². The van der Waals surface area contributed by atoms with Gasteiger partial charge in [-0.25, -0.2) is 9.47 Å². The molecule has 0 radical (unpaired) electrons. The summed E-state index contributed by atoms with van der Waals surface area (Å²) in [6.07, 6.45) is 0. The Morgan fingerprint density at radius 3 is 2.48 bits per heavy atom. The lowest BCUT2D eigenvalue weighted by atomic mass is 10.1. The third kappa shape index (κ3) is 6.17. The van der Waals surface area contributed by atoms with E-state index in [4.69, 9.17) is 10.6 Å². The maximum absolute atomic E-state index is 11.9. The van der Waals surface area contributed by atoms with Crippen LogP contribution in [0.3, 0.4) is 0 Å². The van der Waals surface area contributed by atoms with E-state index < -0.39 is 17.5 Å². The molecule has 27 heavy (non-hydrogen) atoms. The number of benzene rings is 1. The van der Waals surface area contributed by atoms with Gasteiger partial charge in [-0.2, -0.15) is 0 Å². The maximum Gasteiger partial charge on any atom is 0.321 e. The summed E-state index contributed by atoms with van der Waals surface area (Å²) < 4.78 is 6.71. The van der Waals surface area contributed by atoms with Crippen molar-refractivity contribution in [2.75, 3.05) is 18.2 Å². The second-order valence-electron chi connectivity index (χ2n) is 6.67. The molecule has 1 aromatic carbocycles. The Labute approximate surface area is 162 Å². The molecule has 0 atom stereocenters. The van der Waals surface area contributed by atoms with Crippen molar-refractivity contribution < 1.29 is 14.3 Å². The topological polar surface area (TPSA) is 124 Å². The first kappa shape index (κ1) is 20.6. The summed E-state index contributed by atoms with van der Waals surface area (Å²) >= 11 is 1.09. The van der Waals surface area contributed by atoms with Gasteiger partial charge in [-0.1, -0.05) is 11.8 Å². The number of carbonyl (C=O) groups is 2. The summed E-state index contributed by atoms with van der Waals surface area (Å²) in [7, 11) is 0. The Morgan fingerprint density at radius 2 is 1.89 bits per heavy atom. The summed E-state index contributed by atoms with van der Waals surface area (Å²) in [5, 5.41) is 13.3. The number of urea groups is 1. The summed E-state index contributed by atoms with van der Waals surface area (Å²) in [5.74, 6) is 6.78. The first-order valence-electron chi connectivity index (χ1n) is 8.38. The van der Waals surface area contributed by atoms with E-state index in [9.17, 15) is 9.59 Å². The van der Waals surface area contributed by atoms with E-state index >= 15 is 0 Å². The number of nitrogens with one attached hydrogen (secondary N) is 2. The molecule has 2 rings (SSSR count). The highest BCUT2D eigenvalue weighted by Gasteiger charge is 2.17. The van der Waals surface area contributed by atoms with E-state index in [2.05, 4.69) is 20.8 Å². The molecule has 0 spiro atoms. The average Bonchev–Trinajstić information content (AvgIpc) is 2.93. The summed E-state index contributed by atoms with van der Waals surface area (Å²) in [6, 6.07) is 6.76. The number of nitrogens with two attached hydrogens (primary N) is 1. The van der Waals surface area contributed by atoms with Gasteiger partial charge in [0.1, 0.15) is 5.75 Å². The summed E-state index contributed by atoms with van der Waals surface area (Å²) in [6.45, 7) is 7.97. The van der Waals surface area contributed by atoms with Crippen molar-refractivity contribution in [1.29, 1.82) is 0 Å². The fourth-order valence-corrected chi connectivity index (χ4v) is 2.76. The van der Waals surface area contributed by atoms with E-state index in [1.54, 1.807) is 0 Å². The number of nitrogen functional groups attached to an aromatic ring is 1. The first-order chi connectivity index (χ1) is 12.7. The van der Waals surface area contributed by atoms with Crippen LogP contribution in [0.1, 0.15) is 27.7 Å². The highest BCUT2D eigenvalue weighted by atomic mass is 32.2. The maximum atomic E-state index is 11.9. The van der Waals surface area contributed by atoms with Crippen molar-refractivity contribution in [3.05, 3.63) is 24.3 Å². The molecule has 0 unspecified atom stereocenters.